The number of carbonyl (C=O) groups excluding carboxylic acids is 1. The number of likely N-dealkylation sites (N-methyl/N-ethyl adjacent to an activating group) is 1. The highest BCUT2D eigenvalue weighted by Crippen LogP contribution is 2.49. The lowest BCUT2D eigenvalue weighted by molar-refractivity contribution is 0.0284. The Morgan fingerprint density at radius 3 is 2.69 bits per heavy atom. The molecule has 2 N–H and O–H groups in total. The zero-order valence-electron chi connectivity index (χ0n) is 19.1. The van der Waals surface area contributed by atoms with Crippen LogP contribution in [0.5, 0.6) is 5.75 Å². The summed E-state index contributed by atoms with van der Waals surface area (Å²) in [5, 5.41) is 18.2. The van der Waals surface area contributed by atoms with E-state index < -0.39 is 0 Å². The Labute approximate surface area is 186 Å². The Kier molecular flexibility index (Phi) is 4.72. The van der Waals surface area contributed by atoms with Gasteiger partial charge in [-0.3, -0.25) is 4.90 Å². The van der Waals surface area contributed by atoms with Gasteiger partial charge >= 0.3 is 6.03 Å². The van der Waals surface area contributed by atoms with E-state index in [1.807, 2.05) is 38.1 Å². The Bertz CT molecular complexity index is 1190. The Balaban J connectivity index is 1.52. The van der Waals surface area contributed by atoms with Gasteiger partial charge in [-0.2, -0.15) is 0 Å². The molecule has 2 aliphatic rings. The maximum Gasteiger partial charge on any atom is 0.322 e. The molecule has 0 aliphatic carbocycles. The van der Waals surface area contributed by atoms with E-state index >= 15 is 0 Å². The lowest BCUT2D eigenvalue weighted by Crippen LogP contribution is -2.67. The third-order valence-electron chi connectivity index (χ3n) is 7.10. The van der Waals surface area contributed by atoms with Crippen molar-refractivity contribution in [1.82, 2.24) is 19.5 Å². The van der Waals surface area contributed by atoms with E-state index in [1.165, 1.54) is 5.56 Å². The van der Waals surface area contributed by atoms with Crippen molar-refractivity contribution in [2.24, 2.45) is 7.05 Å². The molecule has 2 aromatic heterocycles. The molecule has 1 spiro atoms. The minimum absolute atomic E-state index is 0.0388. The van der Waals surface area contributed by atoms with Gasteiger partial charge in [0.05, 0.1) is 25.3 Å². The van der Waals surface area contributed by atoms with Crippen LogP contribution in [0, 0.1) is 13.8 Å². The summed E-state index contributed by atoms with van der Waals surface area (Å²) in [5.74, 6) is 1.40. The van der Waals surface area contributed by atoms with Crippen LogP contribution in [0.15, 0.2) is 22.7 Å². The van der Waals surface area contributed by atoms with Crippen molar-refractivity contribution in [2.45, 2.75) is 25.3 Å². The molecule has 0 bridgehead atoms. The highest BCUT2D eigenvalue weighted by atomic mass is 16.5. The number of hydrogen-bond donors (Lipinski definition) is 2. The molecule has 9 heteroatoms. The number of aromatic nitrogens is 2. The van der Waals surface area contributed by atoms with Crippen molar-refractivity contribution >= 4 is 22.6 Å². The topological polar surface area (TPSA) is 96.0 Å². The molecular formula is C23H29N5O4. The van der Waals surface area contributed by atoms with Gasteiger partial charge in [0.15, 0.2) is 5.76 Å². The van der Waals surface area contributed by atoms with Gasteiger partial charge in [-0.15, -0.1) is 0 Å². The molecule has 1 saturated heterocycles. The van der Waals surface area contributed by atoms with Crippen LogP contribution in [0.1, 0.15) is 28.8 Å². The second-order valence-electron chi connectivity index (χ2n) is 9.08. The molecule has 32 heavy (non-hydrogen) atoms. The normalized spacial score (nSPS) is 19.8. The summed E-state index contributed by atoms with van der Waals surface area (Å²) in [6.07, 6.45) is 0. The highest BCUT2D eigenvalue weighted by molar-refractivity contribution is 5.93. The van der Waals surface area contributed by atoms with E-state index in [0.717, 1.165) is 28.9 Å². The van der Waals surface area contributed by atoms with E-state index in [4.69, 9.17) is 9.26 Å². The number of methoxy groups -OCH3 is 1. The van der Waals surface area contributed by atoms with Gasteiger partial charge in [-0.1, -0.05) is 5.16 Å². The summed E-state index contributed by atoms with van der Waals surface area (Å²) in [5.41, 5.74) is 4.52. The third kappa shape index (κ3) is 2.84. The Hall–Kier alpha value is -3.04. The van der Waals surface area contributed by atoms with Crippen LogP contribution in [-0.2, 0) is 12.5 Å². The van der Waals surface area contributed by atoms with Crippen LogP contribution in [0.25, 0.3) is 10.9 Å². The second kappa shape index (κ2) is 7.25. The van der Waals surface area contributed by atoms with Crippen LogP contribution >= 0.6 is 0 Å². The summed E-state index contributed by atoms with van der Waals surface area (Å²) >= 11 is 0. The molecule has 2 aliphatic heterocycles. The predicted octanol–water partition coefficient (Wildman–Crippen LogP) is 2.56. The van der Waals surface area contributed by atoms with Crippen LogP contribution in [0.3, 0.4) is 0 Å². The van der Waals surface area contributed by atoms with Crippen LogP contribution in [0.2, 0.25) is 0 Å². The molecule has 3 aromatic rings. The average molecular weight is 440 g/mol. The van der Waals surface area contributed by atoms with Gasteiger partial charge < -0.3 is 29.2 Å². The summed E-state index contributed by atoms with van der Waals surface area (Å²) in [6.45, 7) is 5.61. The maximum absolute atomic E-state index is 13.0. The first kappa shape index (κ1) is 20.8. The molecule has 2 amide bonds. The average Bonchev–Trinajstić information content (AvgIpc) is 3.22. The number of benzene rings is 1. The lowest BCUT2D eigenvalue weighted by Gasteiger charge is -2.55. The van der Waals surface area contributed by atoms with Gasteiger partial charge in [0, 0.05) is 49.2 Å². The zero-order valence-corrected chi connectivity index (χ0v) is 19.1. The van der Waals surface area contributed by atoms with Gasteiger partial charge in [0.1, 0.15) is 17.1 Å². The number of aliphatic hydroxyl groups is 1. The number of aryl methyl sites for hydroxylation is 3. The van der Waals surface area contributed by atoms with Crippen molar-refractivity contribution < 1.29 is 19.2 Å². The van der Waals surface area contributed by atoms with Crippen molar-refractivity contribution in [3.05, 3.63) is 40.9 Å². The first-order valence-corrected chi connectivity index (χ1v) is 10.8. The number of hydrogen-bond acceptors (Lipinski definition) is 6. The molecule has 9 nitrogen and oxygen atoms in total. The smallest absolute Gasteiger partial charge is 0.322 e. The van der Waals surface area contributed by atoms with E-state index in [-0.39, 0.29) is 24.1 Å². The molecular weight excluding hydrogens is 410 g/mol. The first-order valence-electron chi connectivity index (χ1n) is 10.8. The number of fused-ring (bicyclic) bond motifs is 4. The minimum Gasteiger partial charge on any atom is -0.497 e. The van der Waals surface area contributed by atoms with Crippen molar-refractivity contribution in [3.8, 4) is 5.75 Å². The maximum atomic E-state index is 13.0. The lowest BCUT2D eigenvalue weighted by atomic mass is 9.69. The van der Waals surface area contributed by atoms with Gasteiger partial charge in [-0.05, 0) is 38.6 Å². The Morgan fingerprint density at radius 1 is 1.31 bits per heavy atom. The number of nitrogens with zero attached hydrogens (tertiary/aromatic N) is 4. The van der Waals surface area contributed by atoms with E-state index in [2.05, 4.69) is 26.0 Å². The zero-order chi connectivity index (χ0) is 22.8. The monoisotopic (exact) mass is 439 g/mol. The number of likely N-dealkylation sites (tertiary alicyclic amines) is 1. The number of amides is 2. The number of aliphatic hydroxyl groups excluding tert-OH is 1. The molecule has 5 rings (SSSR count). The molecule has 0 saturated carbocycles. The number of rotatable bonds is 3. The number of carbonyl (C=O) groups is 1. The van der Waals surface area contributed by atoms with Crippen LogP contribution < -0.4 is 10.1 Å². The van der Waals surface area contributed by atoms with E-state index in [1.54, 1.807) is 14.0 Å². The van der Waals surface area contributed by atoms with Crippen molar-refractivity contribution in [1.29, 1.82) is 0 Å². The number of urea groups is 1. The Morgan fingerprint density at radius 2 is 2.06 bits per heavy atom. The number of ether oxygens (including phenoxy) is 1. The summed E-state index contributed by atoms with van der Waals surface area (Å²) in [4.78, 5) is 17.0. The van der Waals surface area contributed by atoms with Gasteiger partial charge in [0.25, 0.3) is 0 Å². The fourth-order valence-corrected chi connectivity index (χ4v) is 5.55. The van der Waals surface area contributed by atoms with E-state index in [9.17, 15) is 9.90 Å². The van der Waals surface area contributed by atoms with E-state index in [0.29, 0.717) is 30.2 Å². The molecule has 4 heterocycles. The fraction of sp³-hybridized carbons (Fsp3) is 0.478. The standard InChI is InChI=1S/C23H29N5O4/c1-13-20(14(2)32-25-13)24-22(30)28-11-23(12-28)10-26(3)18(9-29)21-19(23)16-7-6-15(31-5)8-17(16)27(21)4/h6-8,18,29H,9-12H2,1-5H3,(H,24,30)/t18-/m0/s1. The second-order valence-corrected chi connectivity index (χ2v) is 9.08. The largest absolute Gasteiger partial charge is 0.497 e. The molecule has 170 valence electrons. The molecule has 1 atom stereocenters. The molecule has 0 radical (unpaired) electrons. The molecule has 1 aromatic carbocycles. The molecule has 0 unspecified atom stereocenters. The predicted molar refractivity (Wildman–Crippen MR) is 120 cm³/mol. The van der Waals surface area contributed by atoms with Crippen molar-refractivity contribution in [2.75, 3.05) is 45.7 Å². The SMILES string of the molecule is COc1ccc2c3c(n(C)c2c1)[C@H](CO)N(C)CC31CN(C(=O)Nc2c(C)noc2C)C1. The van der Waals surface area contributed by atoms with Crippen LogP contribution in [-0.4, -0.2) is 71.1 Å². The number of nitrogens with one attached hydrogen (secondary N) is 1. The summed E-state index contributed by atoms with van der Waals surface area (Å²) in [7, 11) is 5.74. The quantitative estimate of drug-likeness (QED) is 0.651. The fourth-order valence-electron chi connectivity index (χ4n) is 5.55. The van der Waals surface area contributed by atoms with Gasteiger partial charge in [0.2, 0.25) is 0 Å². The minimum atomic E-state index is -0.195. The third-order valence-corrected chi connectivity index (χ3v) is 7.10. The van der Waals surface area contributed by atoms with Crippen molar-refractivity contribution in [3.63, 3.8) is 0 Å². The van der Waals surface area contributed by atoms with Crippen LogP contribution in [0.4, 0.5) is 10.5 Å². The highest BCUT2D eigenvalue weighted by Gasteiger charge is 2.54. The number of anilines is 1. The summed E-state index contributed by atoms with van der Waals surface area (Å²) in [6, 6.07) is 5.87. The van der Waals surface area contributed by atoms with Gasteiger partial charge in [-0.25, -0.2) is 4.79 Å². The summed E-state index contributed by atoms with van der Waals surface area (Å²) < 4.78 is 12.8. The molecule has 1 fully saturated rings. The first-order chi connectivity index (χ1) is 15.3.